The number of amides is 1. The average Bonchev–Trinajstić information content (AvgIpc) is 3.24. The molecule has 0 unspecified atom stereocenters. The second-order valence-corrected chi connectivity index (χ2v) is 8.99. The van der Waals surface area contributed by atoms with Crippen LogP contribution >= 0.6 is 0 Å². The number of hydrogen-bond donors (Lipinski definition) is 0. The lowest BCUT2D eigenvalue weighted by molar-refractivity contribution is -0.127. The molecule has 8 heteroatoms. The number of fused-ring (bicyclic) bond motifs is 1. The molecule has 26 heavy (non-hydrogen) atoms. The van der Waals surface area contributed by atoms with Gasteiger partial charge >= 0.3 is 0 Å². The van der Waals surface area contributed by atoms with Gasteiger partial charge in [0.25, 0.3) is 0 Å². The number of likely N-dealkylation sites (tertiary alicyclic amines) is 1. The molecule has 2 aliphatic heterocycles. The number of carbonyl (C=O) groups excluding carboxylic acids is 1. The Morgan fingerprint density at radius 1 is 1.27 bits per heavy atom. The normalized spacial score (nSPS) is 24.1. The van der Waals surface area contributed by atoms with E-state index in [0.717, 1.165) is 6.42 Å². The van der Waals surface area contributed by atoms with Crippen LogP contribution in [-0.4, -0.2) is 59.5 Å². The van der Waals surface area contributed by atoms with Crippen molar-refractivity contribution >= 4 is 15.9 Å². The van der Waals surface area contributed by atoms with E-state index in [4.69, 9.17) is 0 Å². The number of hydrogen-bond acceptors (Lipinski definition) is 4. The summed E-state index contributed by atoms with van der Waals surface area (Å²) in [7, 11) is -1.86. The second kappa shape index (κ2) is 6.21. The first kappa shape index (κ1) is 17.2. The maximum absolute atomic E-state index is 13.3. The molecule has 0 aliphatic carbocycles. The van der Waals surface area contributed by atoms with Gasteiger partial charge in [-0.05, 0) is 43.0 Å². The van der Waals surface area contributed by atoms with Gasteiger partial charge in [0.2, 0.25) is 15.9 Å². The first-order chi connectivity index (χ1) is 12.4. The number of nitrogens with zero attached hydrogens (tertiary/aromatic N) is 4. The van der Waals surface area contributed by atoms with Crippen molar-refractivity contribution in [3.05, 3.63) is 42.2 Å². The molecule has 4 rings (SSSR count). The maximum Gasteiger partial charge on any atom is 0.243 e. The lowest BCUT2D eigenvalue weighted by Crippen LogP contribution is -2.49. The van der Waals surface area contributed by atoms with Crippen molar-refractivity contribution in [2.45, 2.75) is 30.7 Å². The van der Waals surface area contributed by atoms with Crippen molar-refractivity contribution in [1.82, 2.24) is 19.0 Å². The minimum absolute atomic E-state index is 0.0272. The predicted molar refractivity (Wildman–Crippen MR) is 96.3 cm³/mol. The molecule has 138 valence electrons. The Morgan fingerprint density at radius 3 is 2.81 bits per heavy atom. The SMILES string of the molecule is Cc1ccc(-n2cccn2)cc1S(=O)(=O)N1CC[C@@H]2CC(=O)N(C)[C@@H]2C1. The molecule has 2 fully saturated rings. The van der Waals surface area contributed by atoms with E-state index in [0.29, 0.717) is 35.7 Å². The first-order valence-electron chi connectivity index (χ1n) is 8.74. The van der Waals surface area contributed by atoms with E-state index in [-0.39, 0.29) is 17.9 Å². The van der Waals surface area contributed by atoms with Crippen molar-refractivity contribution in [3.8, 4) is 5.69 Å². The molecular formula is C18H22N4O3S. The highest BCUT2D eigenvalue weighted by atomic mass is 32.2. The van der Waals surface area contributed by atoms with E-state index < -0.39 is 10.0 Å². The van der Waals surface area contributed by atoms with Gasteiger partial charge < -0.3 is 4.90 Å². The van der Waals surface area contributed by atoms with E-state index in [1.807, 2.05) is 12.1 Å². The minimum atomic E-state index is -3.63. The van der Waals surface area contributed by atoms with E-state index in [2.05, 4.69) is 5.10 Å². The largest absolute Gasteiger partial charge is 0.341 e. The number of sulfonamides is 1. The fraction of sp³-hybridized carbons (Fsp3) is 0.444. The molecule has 2 aliphatic rings. The van der Waals surface area contributed by atoms with Gasteiger partial charge in [-0.25, -0.2) is 13.1 Å². The molecule has 2 aromatic rings. The summed E-state index contributed by atoms with van der Waals surface area (Å²) in [6.45, 7) is 2.62. The van der Waals surface area contributed by atoms with Crippen molar-refractivity contribution in [3.63, 3.8) is 0 Å². The average molecular weight is 374 g/mol. The van der Waals surface area contributed by atoms with Gasteiger partial charge in [0.15, 0.2) is 0 Å². The fourth-order valence-electron chi connectivity index (χ4n) is 3.97. The molecule has 0 spiro atoms. The van der Waals surface area contributed by atoms with Crippen LogP contribution in [0, 0.1) is 12.8 Å². The van der Waals surface area contributed by atoms with Crippen LogP contribution in [0.2, 0.25) is 0 Å². The minimum Gasteiger partial charge on any atom is -0.341 e. The van der Waals surface area contributed by atoms with Gasteiger partial charge in [0.05, 0.1) is 10.6 Å². The highest BCUT2D eigenvalue weighted by Gasteiger charge is 2.44. The van der Waals surface area contributed by atoms with Gasteiger partial charge in [-0.15, -0.1) is 0 Å². The quantitative estimate of drug-likeness (QED) is 0.814. The number of benzene rings is 1. The lowest BCUT2D eigenvalue weighted by Gasteiger charge is -2.36. The van der Waals surface area contributed by atoms with Gasteiger partial charge in [-0.1, -0.05) is 6.07 Å². The number of carbonyl (C=O) groups is 1. The topological polar surface area (TPSA) is 75.5 Å². The predicted octanol–water partition coefficient (Wildman–Crippen LogP) is 1.42. The molecule has 3 heterocycles. The van der Waals surface area contributed by atoms with Crippen molar-refractivity contribution in [1.29, 1.82) is 0 Å². The highest BCUT2D eigenvalue weighted by molar-refractivity contribution is 7.89. The summed E-state index contributed by atoms with van der Waals surface area (Å²) in [6.07, 6.45) is 4.69. The van der Waals surface area contributed by atoms with Crippen LogP contribution in [0.15, 0.2) is 41.6 Å². The summed E-state index contributed by atoms with van der Waals surface area (Å²) in [6, 6.07) is 7.11. The standard InChI is InChI=1S/C18H22N4O3S/c1-13-4-5-15(22-8-3-7-19-22)11-17(13)26(24,25)21-9-6-14-10-18(23)20(2)16(14)12-21/h3-5,7-8,11,14,16H,6,9-10,12H2,1-2H3/t14-,16-/m1/s1. The fourth-order valence-corrected chi connectivity index (χ4v) is 5.69. The number of aromatic nitrogens is 2. The van der Waals surface area contributed by atoms with Crippen molar-refractivity contribution in [2.75, 3.05) is 20.1 Å². The molecule has 2 saturated heterocycles. The Balaban J connectivity index is 1.67. The first-order valence-corrected chi connectivity index (χ1v) is 10.2. The maximum atomic E-state index is 13.3. The van der Waals surface area contributed by atoms with Crippen LogP contribution in [0.25, 0.3) is 5.69 Å². The van der Waals surface area contributed by atoms with E-state index in [9.17, 15) is 13.2 Å². The van der Waals surface area contributed by atoms with E-state index in [1.54, 1.807) is 48.1 Å². The van der Waals surface area contributed by atoms with E-state index >= 15 is 0 Å². The summed E-state index contributed by atoms with van der Waals surface area (Å²) in [4.78, 5) is 14.0. The number of piperidine rings is 1. The smallest absolute Gasteiger partial charge is 0.243 e. The zero-order chi connectivity index (χ0) is 18.5. The molecular weight excluding hydrogens is 352 g/mol. The van der Waals surface area contributed by atoms with Gasteiger partial charge in [0.1, 0.15) is 0 Å². The van der Waals surface area contributed by atoms with Gasteiger partial charge in [0, 0.05) is 45.0 Å². The number of rotatable bonds is 3. The summed E-state index contributed by atoms with van der Waals surface area (Å²) in [5.74, 6) is 0.367. The molecule has 0 N–H and O–H groups in total. The van der Waals surface area contributed by atoms with Crippen LogP contribution in [0.3, 0.4) is 0 Å². The Labute approximate surface area is 153 Å². The molecule has 1 aromatic heterocycles. The Bertz CT molecular complexity index is 939. The van der Waals surface area contributed by atoms with Crippen LogP contribution in [0.5, 0.6) is 0 Å². The Kier molecular flexibility index (Phi) is 4.11. The molecule has 2 atom stereocenters. The van der Waals surface area contributed by atoms with Crippen molar-refractivity contribution < 1.29 is 13.2 Å². The molecule has 0 radical (unpaired) electrons. The third-order valence-electron chi connectivity index (χ3n) is 5.57. The van der Waals surface area contributed by atoms with E-state index in [1.165, 1.54) is 4.31 Å². The Hall–Kier alpha value is -2.19. The van der Waals surface area contributed by atoms with Crippen molar-refractivity contribution in [2.24, 2.45) is 5.92 Å². The van der Waals surface area contributed by atoms with Gasteiger partial charge in [-0.3, -0.25) is 4.79 Å². The molecule has 1 amide bonds. The number of likely N-dealkylation sites (N-methyl/N-ethyl adjacent to an activating group) is 1. The zero-order valence-corrected chi connectivity index (χ0v) is 15.7. The summed E-state index contributed by atoms with van der Waals surface area (Å²) in [5, 5.41) is 4.18. The van der Waals surface area contributed by atoms with Crippen LogP contribution in [-0.2, 0) is 14.8 Å². The highest BCUT2D eigenvalue weighted by Crippen LogP contribution is 2.34. The monoisotopic (exact) mass is 374 g/mol. The Morgan fingerprint density at radius 2 is 2.08 bits per heavy atom. The van der Waals surface area contributed by atoms with Gasteiger partial charge in [-0.2, -0.15) is 9.40 Å². The summed E-state index contributed by atoms with van der Waals surface area (Å²) in [5.41, 5.74) is 1.42. The molecule has 7 nitrogen and oxygen atoms in total. The van der Waals surface area contributed by atoms with Crippen LogP contribution < -0.4 is 0 Å². The molecule has 1 aromatic carbocycles. The third-order valence-corrected chi connectivity index (χ3v) is 7.58. The van der Waals surface area contributed by atoms with Crippen LogP contribution in [0.1, 0.15) is 18.4 Å². The second-order valence-electron chi connectivity index (χ2n) is 7.09. The summed E-state index contributed by atoms with van der Waals surface area (Å²) >= 11 is 0. The van der Waals surface area contributed by atoms with Crippen LogP contribution in [0.4, 0.5) is 0 Å². The zero-order valence-electron chi connectivity index (χ0n) is 14.9. The number of aryl methyl sites for hydroxylation is 1. The lowest BCUT2D eigenvalue weighted by atomic mass is 9.93. The summed E-state index contributed by atoms with van der Waals surface area (Å²) < 4.78 is 29.8. The third kappa shape index (κ3) is 2.73. The molecule has 0 saturated carbocycles. The molecule has 0 bridgehead atoms.